The van der Waals surface area contributed by atoms with Crippen LogP contribution < -0.4 is 5.73 Å². The fraction of sp³-hybridized carbons (Fsp3) is 0.375. The van der Waals surface area contributed by atoms with Gasteiger partial charge in [0.05, 0.1) is 0 Å². The lowest BCUT2D eigenvalue weighted by Gasteiger charge is -2.09. The van der Waals surface area contributed by atoms with E-state index in [1.54, 1.807) is 6.20 Å². The van der Waals surface area contributed by atoms with Gasteiger partial charge in [-0.2, -0.15) is 0 Å². The number of H-pyrrole nitrogens is 1. The molecule has 0 saturated carbocycles. The molecule has 1 heterocycles. The van der Waals surface area contributed by atoms with E-state index >= 15 is 0 Å². The largest absolute Gasteiger partial charge is 0.396 e. The highest BCUT2D eigenvalue weighted by Gasteiger charge is 2.05. The molecule has 0 spiro atoms. The molecule has 1 aromatic heterocycles. The number of rotatable bonds is 3. The van der Waals surface area contributed by atoms with Crippen LogP contribution in [0.5, 0.6) is 0 Å². The zero-order valence-corrected chi connectivity index (χ0v) is 7.47. The molecule has 66 valence electrons. The van der Waals surface area contributed by atoms with E-state index in [1.807, 2.05) is 12.1 Å². The Hall–Kier alpha value is -0.710. The van der Waals surface area contributed by atoms with Crippen LogP contribution in [0.15, 0.2) is 18.3 Å². The Bertz CT molecular complexity index is 297. The maximum absolute atomic E-state index is 8.66. The maximum Gasteiger partial charge on any atom is 0.108 e. The van der Waals surface area contributed by atoms with Gasteiger partial charge < -0.3 is 15.8 Å². The van der Waals surface area contributed by atoms with Crippen LogP contribution in [0.3, 0.4) is 0 Å². The van der Waals surface area contributed by atoms with E-state index in [9.17, 15) is 0 Å². The van der Waals surface area contributed by atoms with Gasteiger partial charge in [0.2, 0.25) is 0 Å². The van der Waals surface area contributed by atoms with Gasteiger partial charge in [0.25, 0.3) is 0 Å². The first-order valence-corrected chi connectivity index (χ1v) is 4.20. The molecule has 1 atom stereocenters. The number of nitrogens with one attached hydrogen (secondary N) is 1. The summed E-state index contributed by atoms with van der Waals surface area (Å²) in [5.41, 5.74) is 6.65. The first kappa shape index (κ1) is 9.38. The van der Waals surface area contributed by atoms with E-state index < -0.39 is 0 Å². The number of nitrogens with two attached hydrogens (primary N) is 1. The monoisotopic (exact) mass is 184 g/mol. The van der Waals surface area contributed by atoms with Gasteiger partial charge in [-0.15, -0.1) is 0 Å². The van der Waals surface area contributed by atoms with Crippen LogP contribution in [-0.2, 0) is 0 Å². The first-order chi connectivity index (χ1) is 5.75. The average molecular weight is 184 g/mol. The number of pyridine rings is 1. The van der Waals surface area contributed by atoms with Crippen molar-refractivity contribution in [3.63, 3.8) is 0 Å². The predicted octanol–water partition coefficient (Wildman–Crippen LogP) is 1.13. The van der Waals surface area contributed by atoms with Gasteiger partial charge in [-0.05, 0) is 12.5 Å². The molecule has 0 aromatic carbocycles. The smallest absolute Gasteiger partial charge is 0.108 e. The zero-order valence-electron chi connectivity index (χ0n) is 6.66. The van der Waals surface area contributed by atoms with Crippen LogP contribution in [0, 0.1) is 4.64 Å². The number of aliphatic hydroxyl groups is 1. The van der Waals surface area contributed by atoms with Crippen LogP contribution in [0.1, 0.15) is 18.0 Å². The number of aromatic amines is 1. The average Bonchev–Trinajstić information content (AvgIpc) is 2.05. The Morgan fingerprint density at radius 1 is 1.67 bits per heavy atom. The molecule has 0 amide bonds. The van der Waals surface area contributed by atoms with Gasteiger partial charge >= 0.3 is 0 Å². The molecule has 12 heavy (non-hydrogen) atoms. The number of hydrogen-bond acceptors (Lipinski definition) is 3. The molecule has 1 unspecified atom stereocenters. The van der Waals surface area contributed by atoms with Crippen molar-refractivity contribution >= 4 is 12.2 Å². The second-order valence-corrected chi connectivity index (χ2v) is 2.98. The Kier molecular flexibility index (Phi) is 3.40. The zero-order chi connectivity index (χ0) is 8.97. The predicted molar refractivity (Wildman–Crippen MR) is 50.3 cm³/mol. The molecule has 0 saturated heterocycles. The molecule has 0 radical (unpaired) electrons. The minimum atomic E-state index is -0.167. The van der Waals surface area contributed by atoms with Gasteiger partial charge in [-0.3, -0.25) is 0 Å². The van der Waals surface area contributed by atoms with E-state index in [4.69, 9.17) is 23.1 Å². The van der Waals surface area contributed by atoms with Crippen molar-refractivity contribution in [2.45, 2.75) is 12.5 Å². The quantitative estimate of drug-likeness (QED) is 0.617. The van der Waals surface area contributed by atoms with Crippen LogP contribution in [0.4, 0.5) is 0 Å². The lowest BCUT2D eigenvalue weighted by molar-refractivity contribution is 0.276. The van der Waals surface area contributed by atoms with Crippen molar-refractivity contribution < 1.29 is 5.11 Å². The minimum Gasteiger partial charge on any atom is -0.396 e. The van der Waals surface area contributed by atoms with Crippen LogP contribution in [0.25, 0.3) is 0 Å². The van der Waals surface area contributed by atoms with E-state index in [1.165, 1.54) is 0 Å². The second kappa shape index (κ2) is 4.35. The minimum absolute atomic E-state index is 0.0881. The fourth-order valence-corrected chi connectivity index (χ4v) is 1.31. The normalized spacial score (nSPS) is 12.8. The highest BCUT2D eigenvalue weighted by atomic mass is 32.1. The third-order valence-electron chi connectivity index (χ3n) is 1.69. The molecule has 0 bridgehead atoms. The van der Waals surface area contributed by atoms with Gasteiger partial charge in [0, 0.05) is 24.4 Å². The third kappa shape index (κ3) is 2.14. The van der Waals surface area contributed by atoms with Crippen molar-refractivity contribution in [1.29, 1.82) is 0 Å². The van der Waals surface area contributed by atoms with Crippen molar-refractivity contribution in [2.24, 2.45) is 5.73 Å². The van der Waals surface area contributed by atoms with Crippen molar-refractivity contribution in [3.8, 4) is 0 Å². The molecule has 1 aromatic rings. The van der Waals surface area contributed by atoms with Crippen molar-refractivity contribution in [3.05, 3.63) is 28.5 Å². The third-order valence-corrected chi connectivity index (χ3v) is 2.04. The van der Waals surface area contributed by atoms with E-state index in [2.05, 4.69) is 4.98 Å². The van der Waals surface area contributed by atoms with Gasteiger partial charge in [0.1, 0.15) is 4.64 Å². The molecule has 4 heteroatoms. The Morgan fingerprint density at radius 3 is 3.00 bits per heavy atom. The van der Waals surface area contributed by atoms with Crippen molar-refractivity contribution in [1.82, 2.24) is 4.98 Å². The summed E-state index contributed by atoms with van der Waals surface area (Å²) in [5.74, 6) is 0. The Balaban J connectivity index is 2.87. The van der Waals surface area contributed by atoms with E-state index in [0.29, 0.717) is 11.1 Å². The van der Waals surface area contributed by atoms with Crippen molar-refractivity contribution in [2.75, 3.05) is 6.61 Å². The first-order valence-electron chi connectivity index (χ1n) is 3.79. The SMILES string of the molecule is NC(CCO)c1ccc[nH]c1=S. The molecule has 4 N–H and O–H groups in total. The number of aliphatic hydroxyl groups excluding tert-OH is 1. The lowest BCUT2D eigenvalue weighted by atomic mass is 10.1. The highest BCUT2D eigenvalue weighted by Crippen LogP contribution is 2.12. The van der Waals surface area contributed by atoms with E-state index in [0.717, 1.165) is 5.56 Å². The van der Waals surface area contributed by atoms with Gasteiger partial charge in [-0.25, -0.2) is 0 Å². The Morgan fingerprint density at radius 2 is 2.42 bits per heavy atom. The molecular weight excluding hydrogens is 172 g/mol. The van der Waals surface area contributed by atoms with Crippen LogP contribution in [0.2, 0.25) is 0 Å². The summed E-state index contributed by atoms with van der Waals surface area (Å²) in [6.45, 7) is 0.0881. The fourth-order valence-electron chi connectivity index (χ4n) is 1.02. The van der Waals surface area contributed by atoms with Gasteiger partial charge in [-0.1, -0.05) is 18.3 Å². The molecule has 0 aliphatic rings. The molecule has 3 nitrogen and oxygen atoms in total. The summed E-state index contributed by atoms with van der Waals surface area (Å²) in [5, 5.41) is 8.66. The summed E-state index contributed by atoms with van der Waals surface area (Å²) in [6.07, 6.45) is 2.30. The molecule has 0 aliphatic heterocycles. The summed E-state index contributed by atoms with van der Waals surface area (Å²) in [6, 6.07) is 3.56. The molecule has 0 aliphatic carbocycles. The second-order valence-electron chi connectivity index (χ2n) is 2.57. The summed E-state index contributed by atoms with van der Waals surface area (Å²) >= 11 is 5.03. The summed E-state index contributed by atoms with van der Waals surface area (Å²) < 4.78 is 0.651. The van der Waals surface area contributed by atoms with Gasteiger partial charge in [0.15, 0.2) is 0 Å². The topological polar surface area (TPSA) is 62.0 Å². The van der Waals surface area contributed by atoms with Crippen LogP contribution in [-0.4, -0.2) is 16.7 Å². The molecule has 1 rings (SSSR count). The molecular formula is C8H12N2OS. The maximum atomic E-state index is 8.66. The lowest BCUT2D eigenvalue weighted by Crippen LogP contribution is -2.12. The summed E-state index contributed by atoms with van der Waals surface area (Å²) in [7, 11) is 0. The van der Waals surface area contributed by atoms with Crippen LogP contribution >= 0.6 is 12.2 Å². The number of aromatic nitrogens is 1. The Labute approximate surface area is 76.2 Å². The standard InChI is InChI=1S/C8H12N2OS/c9-7(3-5-11)6-2-1-4-10-8(6)12/h1-2,4,7,11H,3,5,9H2,(H,10,12). The highest BCUT2D eigenvalue weighted by molar-refractivity contribution is 7.71. The summed E-state index contributed by atoms with van der Waals surface area (Å²) in [4.78, 5) is 2.89. The van der Waals surface area contributed by atoms with E-state index in [-0.39, 0.29) is 12.6 Å². The number of hydrogen-bond donors (Lipinski definition) is 3. The molecule has 0 fully saturated rings.